The van der Waals surface area contributed by atoms with Crippen LogP contribution in [-0.2, 0) is 9.59 Å². The molecule has 0 unspecified atom stereocenters. The molecule has 0 aromatic heterocycles. The molecule has 8 nitrogen and oxygen atoms in total. The van der Waals surface area contributed by atoms with Crippen molar-refractivity contribution in [3.8, 4) is 44.9 Å². The van der Waals surface area contributed by atoms with Gasteiger partial charge in [0.2, 0.25) is 0 Å². The number of ether oxygens (including phenoxy) is 2. The van der Waals surface area contributed by atoms with E-state index in [1.807, 2.05) is 82.6 Å². The molecule has 0 bridgehead atoms. The lowest BCUT2D eigenvalue weighted by Gasteiger charge is -2.34. The van der Waals surface area contributed by atoms with Gasteiger partial charge in [-0.3, -0.25) is 9.59 Å². The number of carbonyl (C=O) groups is 2. The van der Waals surface area contributed by atoms with Gasteiger partial charge in [-0.2, -0.15) is 0 Å². The van der Waals surface area contributed by atoms with Gasteiger partial charge in [-0.1, -0.05) is 84.6 Å². The van der Waals surface area contributed by atoms with Gasteiger partial charge in [0.15, 0.2) is 13.2 Å². The zero-order valence-corrected chi connectivity index (χ0v) is 29.4. The molecule has 2 saturated heterocycles. The molecule has 0 spiro atoms. The maximum atomic E-state index is 12.9. The van der Waals surface area contributed by atoms with Gasteiger partial charge in [0.05, 0.1) is 21.4 Å². The summed E-state index contributed by atoms with van der Waals surface area (Å²) >= 11 is 14.4. The Kier molecular flexibility index (Phi) is 9.44. The minimum Gasteiger partial charge on any atom is -0.482 e. The summed E-state index contributed by atoms with van der Waals surface area (Å²) in [6.07, 6.45) is 6.80. The van der Waals surface area contributed by atoms with E-state index >= 15 is 0 Å². The monoisotopic (exact) mass is 710 g/mol. The standard InChI is InChI=1S/C40H40Cl2N4O4/c41-39-29(25-13-15-33-35(19-25)49-23-37(47)45(33)21-27-7-1-3-17-43-27)9-5-11-31(39)32-12-6-10-30(40(32)42)26-14-16-34-36(20-26)50-24-38(48)46(34)22-28-8-2-4-18-44-28/h5-6,9-16,19-20,27-28,43-44H,1-4,7-8,17-18,21-24H2/t27-,28-/m0/s1. The molecule has 4 aliphatic heterocycles. The first-order valence-corrected chi connectivity index (χ1v) is 18.4. The number of carbonyl (C=O) groups excluding carboxylic acids is 2. The fourth-order valence-electron chi connectivity index (χ4n) is 7.67. The fraction of sp³-hybridized carbons (Fsp3) is 0.350. The van der Waals surface area contributed by atoms with E-state index in [-0.39, 0.29) is 37.1 Å². The minimum absolute atomic E-state index is 0.0130. The number of amides is 2. The molecule has 0 aliphatic carbocycles. The summed E-state index contributed by atoms with van der Waals surface area (Å²) in [7, 11) is 0. The number of piperidine rings is 2. The van der Waals surface area contributed by atoms with Crippen LogP contribution < -0.4 is 29.9 Å². The SMILES string of the molecule is O=C1COc2cc(-c3cccc(-c4cccc(-c5ccc6c(c5)OCC(=O)N6C[C@@H]5CCCCN5)c4Cl)c3Cl)ccc2N1C[C@@H]1CCCCN1. The highest BCUT2D eigenvalue weighted by Gasteiger charge is 2.31. The van der Waals surface area contributed by atoms with Gasteiger partial charge in [-0.25, -0.2) is 0 Å². The third-order valence-corrected chi connectivity index (χ3v) is 11.2. The van der Waals surface area contributed by atoms with Crippen LogP contribution in [0.15, 0.2) is 72.8 Å². The van der Waals surface area contributed by atoms with E-state index in [1.165, 1.54) is 25.7 Å². The number of nitrogens with zero attached hydrogens (tertiary/aromatic N) is 2. The number of benzene rings is 4. The maximum absolute atomic E-state index is 12.9. The van der Waals surface area contributed by atoms with Crippen LogP contribution in [0.4, 0.5) is 11.4 Å². The highest BCUT2D eigenvalue weighted by molar-refractivity contribution is 6.39. The number of fused-ring (bicyclic) bond motifs is 2. The van der Waals surface area contributed by atoms with Gasteiger partial charge in [0, 0.05) is 47.4 Å². The van der Waals surface area contributed by atoms with Crippen LogP contribution in [0.1, 0.15) is 38.5 Å². The average Bonchev–Trinajstić information content (AvgIpc) is 3.15. The van der Waals surface area contributed by atoms with Crippen molar-refractivity contribution in [2.75, 3.05) is 49.2 Å². The predicted octanol–water partition coefficient (Wildman–Crippen LogP) is 7.73. The second-order valence-electron chi connectivity index (χ2n) is 13.6. The maximum Gasteiger partial charge on any atom is 0.265 e. The van der Waals surface area contributed by atoms with Crippen LogP contribution in [0.5, 0.6) is 11.5 Å². The van der Waals surface area contributed by atoms with Crippen LogP contribution in [0.3, 0.4) is 0 Å². The average molecular weight is 712 g/mol. The summed E-state index contributed by atoms with van der Waals surface area (Å²) < 4.78 is 11.9. The van der Waals surface area contributed by atoms with E-state index in [2.05, 4.69) is 10.6 Å². The number of halogens is 2. The molecule has 2 amide bonds. The van der Waals surface area contributed by atoms with Crippen molar-refractivity contribution in [1.82, 2.24) is 10.6 Å². The Bertz CT molecular complexity index is 1800. The number of rotatable bonds is 7. The van der Waals surface area contributed by atoms with E-state index in [4.69, 9.17) is 32.7 Å². The molecule has 2 atom stereocenters. The van der Waals surface area contributed by atoms with Gasteiger partial charge in [-0.05, 0) is 74.2 Å². The molecule has 4 heterocycles. The third-order valence-electron chi connectivity index (χ3n) is 10.3. The Hall–Kier alpha value is -4.08. The Labute approximate surface area is 302 Å². The summed E-state index contributed by atoms with van der Waals surface area (Å²) in [6, 6.07) is 24.3. The Balaban J connectivity index is 1.08. The first-order chi connectivity index (χ1) is 24.4. The van der Waals surface area contributed by atoms with Crippen molar-refractivity contribution < 1.29 is 19.1 Å². The molecule has 10 heteroatoms. The van der Waals surface area contributed by atoms with Gasteiger partial charge >= 0.3 is 0 Å². The first kappa shape index (κ1) is 33.1. The molecule has 0 radical (unpaired) electrons. The van der Waals surface area contributed by atoms with Crippen LogP contribution in [0.25, 0.3) is 33.4 Å². The number of hydrogen-bond acceptors (Lipinski definition) is 6. The van der Waals surface area contributed by atoms with Crippen molar-refractivity contribution in [3.63, 3.8) is 0 Å². The molecule has 0 saturated carbocycles. The Morgan fingerprint density at radius 3 is 1.46 bits per heavy atom. The van der Waals surface area contributed by atoms with Gasteiger partial charge in [0.1, 0.15) is 11.5 Å². The van der Waals surface area contributed by atoms with Gasteiger partial charge in [-0.15, -0.1) is 0 Å². The summed E-state index contributed by atoms with van der Waals surface area (Å²) in [5.74, 6) is 1.29. The van der Waals surface area contributed by atoms with Crippen molar-refractivity contribution in [2.45, 2.75) is 50.6 Å². The first-order valence-electron chi connectivity index (χ1n) is 17.6. The minimum atomic E-state index is -0.0276. The molecule has 258 valence electrons. The molecule has 4 aromatic rings. The lowest BCUT2D eigenvalue weighted by Crippen LogP contribution is -2.48. The van der Waals surface area contributed by atoms with Crippen molar-refractivity contribution in [3.05, 3.63) is 82.8 Å². The van der Waals surface area contributed by atoms with Crippen LogP contribution in [-0.4, -0.2) is 63.3 Å². The van der Waals surface area contributed by atoms with Crippen LogP contribution in [0, 0.1) is 0 Å². The second kappa shape index (κ2) is 14.3. The topological polar surface area (TPSA) is 83.1 Å². The van der Waals surface area contributed by atoms with Crippen molar-refractivity contribution >= 4 is 46.4 Å². The van der Waals surface area contributed by atoms with E-state index < -0.39 is 0 Å². The van der Waals surface area contributed by atoms with Crippen LogP contribution >= 0.6 is 23.2 Å². The largest absolute Gasteiger partial charge is 0.482 e. The molecule has 2 fully saturated rings. The zero-order valence-electron chi connectivity index (χ0n) is 27.9. The highest BCUT2D eigenvalue weighted by Crippen LogP contribution is 2.45. The number of hydrogen-bond donors (Lipinski definition) is 2. The molecular formula is C40H40Cl2N4O4. The lowest BCUT2D eigenvalue weighted by molar-refractivity contribution is -0.122. The predicted molar refractivity (Wildman–Crippen MR) is 200 cm³/mol. The Morgan fingerprint density at radius 2 is 1.04 bits per heavy atom. The summed E-state index contributed by atoms with van der Waals surface area (Å²) in [6.45, 7) is 3.25. The summed E-state index contributed by atoms with van der Waals surface area (Å²) in [4.78, 5) is 29.5. The molecule has 4 aromatic carbocycles. The fourth-order valence-corrected chi connectivity index (χ4v) is 8.34. The van der Waals surface area contributed by atoms with Gasteiger partial charge in [0.25, 0.3) is 11.8 Å². The number of nitrogens with one attached hydrogen (secondary N) is 2. The molecule has 4 aliphatic rings. The lowest BCUT2D eigenvalue weighted by atomic mass is 9.95. The van der Waals surface area contributed by atoms with E-state index in [0.717, 1.165) is 70.7 Å². The summed E-state index contributed by atoms with van der Waals surface area (Å²) in [5, 5.41) is 8.24. The van der Waals surface area contributed by atoms with E-state index in [1.54, 1.807) is 0 Å². The highest BCUT2D eigenvalue weighted by atomic mass is 35.5. The second-order valence-corrected chi connectivity index (χ2v) is 14.3. The zero-order chi connectivity index (χ0) is 34.2. The van der Waals surface area contributed by atoms with Crippen LogP contribution in [0.2, 0.25) is 10.0 Å². The smallest absolute Gasteiger partial charge is 0.265 e. The molecule has 8 rings (SSSR count). The van der Waals surface area contributed by atoms with E-state index in [9.17, 15) is 9.59 Å². The number of anilines is 2. The van der Waals surface area contributed by atoms with E-state index in [0.29, 0.717) is 34.6 Å². The third kappa shape index (κ3) is 6.46. The van der Waals surface area contributed by atoms with Crippen molar-refractivity contribution in [1.29, 1.82) is 0 Å². The molecule has 50 heavy (non-hydrogen) atoms. The molecular weight excluding hydrogens is 671 g/mol. The Morgan fingerprint density at radius 1 is 0.600 bits per heavy atom. The summed E-state index contributed by atoms with van der Waals surface area (Å²) in [5.41, 5.74) is 6.65. The van der Waals surface area contributed by atoms with Crippen molar-refractivity contribution in [2.24, 2.45) is 0 Å². The van der Waals surface area contributed by atoms with Gasteiger partial charge < -0.3 is 29.9 Å². The quantitative estimate of drug-likeness (QED) is 0.204. The normalized spacial score (nSPS) is 20.5. The molecule has 2 N–H and O–H groups in total.